The fraction of sp³-hybridized carbons (Fsp3) is 0.250. The van der Waals surface area contributed by atoms with Gasteiger partial charge in [0.1, 0.15) is 5.82 Å². The molecule has 2 rings (SSSR count). The Balaban J connectivity index is 1.88. The molecule has 1 unspecified atom stereocenters. The molecule has 0 fully saturated rings. The largest absolute Gasteiger partial charge is 0.312 e. The van der Waals surface area contributed by atoms with E-state index in [1.807, 2.05) is 18.2 Å². The molecule has 0 amide bonds. The molecule has 0 radical (unpaired) electrons. The molecule has 100 valence electrons. The van der Waals surface area contributed by atoms with Gasteiger partial charge in [0, 0.05) is 23.7 Å². The lowest BCUT2D eigenvalue weighted by Crippen LogP contribution is -2.20. The van der Waals surface area contributed by atoms with Crippen LogP contribution >= 0.6 is 11.6 Å². The van der Waals surface area contributed by atoms with Crippen molar-refractivity contribution in [3.63, 3.8) is 0 Å². The number of hydrogen-bond donors (Lipinski definition) is 1. The average Bonchev–Trinajstić information content (AvgIpc) is 2.43. The van der Waals surface area contributed by atoms with Gasteiger partial charge in [-0.25, -0.2) is 4.39 Å². The van der Waals surface area contributed by atoms with E-state index in [9.17, 15) is 4.39 Å². The summed E-state index contributed by atoms with van der Waals surface area (Å²) in [5.74, 6) is 0.174. The van der Waals surface area contributed by atoms with Crippen LogP contribution in [0.1, 0.15) is 24.0 Å². The molecule has 0 saturated heterocycles. The highest BCUT2D eigenvalue weighted by molar-refractivity contribution is 6.30. The summed E-state index contributed by atoms with van der Waals surface area (Å²) in [5, 5.41) is 3.83. The Kier molecular flexibility index (Phi) is 4.94. The van der Waals surface area contributed by atoms with Gasteiger partial charge in [0.2, 0.25) is 0 Å². The maximum absolute atomic E-state index is 13.5. The van der Waals surface area contributed by atoms with E-state index in [-0.39, 0.29) is 5.82 Å². The molecule has 0 aliphatic carbocycles. The quantitative estimate of drug-likeness (QED) is 0.856. The van der Waals surface area contributed by atoms with Crippen molar-refractivity contribution in [3.05, 3.63) is 70.5 Å². The third-order valence-electron chi connectivity index (χ3n) is 3.14. The first kappa shape index (κ1) is 14.0. The summed E-state index contributed by atoms with van der Waals surface area (Å²) in [6, 6.07) is 14.9. The maximum atomic E-state index is 13.5. The van der Waals surface area contributed by atoms with Crippen molar-refractivity contribution in [3.8, 4) is 0 Å². The molecule has 2 aromatic carbocycles. The van der Waals surface area contributed by atoms with Crippen molar-refractivity contribution in [1.82, 2.24) is 5.32 Å². The molecule has 2 aromatic rings. The monoisotopic (exact) mass is 277 g/mol. The van der Waals surface area contributed by atoms with E-state index in [1.165, 1.54) is 11.6 Å². The van der Waals surface area contributed by atoms with Crippen molar-refractivity contribution in [2.45, 2.75) is 19.4 Å². The van der Waals surface area contributed by atoms with Crippen LogP contribution in [0.25, 0.3) is 0 Å². The topological polar surface area (TPSA) is 12.0 Å². The molecule has 1 nitrogen and oxygen atoms in total. The number of nitrogens with one attached hydrogen (secondary N) is 1. The summed E-state index contributed by atoms with van der Waals surface area (Å²) >= 11 is 5.86. The van der Waals surface area contributed by atoms with Crippen LogP contribution in [0.3, 0.4) is 0 Å². The molecule has 19 heavy (non-hydrogen) atoms. The Morgan fingerprint density at radius 3 is 2.63 bits per heavy atom. The zero-order valence-electron chi connectivity index (χ0n) is 10.9. The molecule has 0 aliphatic rings. The maximum Gasteiger partial charge on any atom is 0.127 e. The SMILES string of the molecule is CC(CNCc1cc(Cl)ccc1F)c1ccccc1. The third kappa shape index (κ3) is 4.05. The molecule has 0 saturated carbocycles. The molecule has 1 N–H and O–H groups in total. The van der Waals surface area contributed by atoms with Crippen LogP contribution in [-0.2, 0) is 6.54 Å². The summed E-state index contributed by atoms with van der Waals surface area (Å²) in [6.07, 6.45) is 0. The van der Waals surface area contributed by atoms with Gasteiger partial charge in [-0.05, 0) is 29.7 Å². The second-order valence-electron chi connectivity index (χ2n) is 4.68. The van der Waals surface area contributed by atoms with Gasteiger partial charge in [0.05, 0.1) is 0 Å². The Morgan fingerprint density at radius 1 is 1.16 bits per heavy atom. The lowest BCUT2D eigenvalue weighted by atomic mass is 10.0. The van der Waals surface area contributed by atoms with E-state index in [0.717, 1.165) is 6.54 Å². The van der Waals surface area contributed by atoms with Crippen molar-refractivity contribution in [1.29, 1.82) is 0 Å². The van der Waals surface area contributed by atoms with Gasteiger partial charge in [-0.3, -0.25) is 0 Å². The summed E-state index contributed by atoms with van der Waals surface area (Å²) in [4.78, 5) is 0. The molecule has 0 bridgehead atoms. The van der Waals surface area contributed by atoms with Crippen molar-refractivity contribution >= 4 is 11.6 Å². The molecule has 0 aliphatic heterocycles. The van der Waals surface area contributed by atoms with Crippen molar-refractivity contribution < 1.29 is 4.39 Å². The average molecular weight is 278 g/mol. The van der Waals surface area contributed by atoms with Gasteiger partial charge >= 0.3 is 0 Å². The molecule has 3 heteroatoms. The van der Waals surface area contributed by atoms with E-state index in [2.05, 4.69) is 24.4 Å². The fourth-order valence-electron chi connectivity index (χ4n) is 2.00. The summed E-state index contributed by atoms with van der Waals surface area (Å²) in [6.45, 7) is 3.44. The second kappa shape index (κ2) is 6.69. The molecular weight excluding hydrogens is 261 g/mol. The number of benzene rings is 2. The Morgan fingerprint density at radius 2 is 1.89 bits per heavy atom. The first-order valence-electron chi connectivity index (χ1n) is 6.36. The van der Waals surface area contributed by atoms with Crippen molar-refractivity contribution in [2.75, 3.05) is 6.54 Å². The summed E-state index contributed by atoms with van der Waals surface area (Å²) in [5.41, 5.74) is 1.88. The van der Waals surface area contributed by atoms with E-state index in [0.29, 0.717) is 23.0 Å². The zero-order chi connectivity index (χ0) is 13.7. The fourth-order valence-corrected chi connectivity index (χ4v) is 2.20. The lowest BCUT2D eigenvalue weighted by molar-refractivity contribution is 0.570. The Bertz CT molecular complexity index is 528. The van der Waals surface area contributed by atoms with Crippen LogP contribution in [-0.4, -0.2) is 6.54 Å². The van der Waals surface area contributed by atoms with Gasteiger partial charge in [0.15, 0.2) is 0 Å². The summed E-state index contributed by atoms with van der Waals surface area (Å²) in [7, 11) is 0. The van der Waals surface area contributed by atoms with Crippen LogP contribution in [0, 0.1) is 5.82 Å². The van der Waals surface area contributed by atoms with Crippen LogP contribution in [0.2, 0.25) is 5.02 Å². The smallest absolute Gasteiger partial charge is 0.127 e. The lowest BCUT2D eigenvalue weighted by Gasteiger charge is -2.13. The van der Waals surface area contributed by atoms with Crippen LogP contribution in [0.5, 0.6) is 0 Å². The highest BCUT2D eigenvalue weighted by Gasteiger charge is 2.06. The highest BCUT2D eigenvalue weighted by atomic mass is 35.5. The predicted octanol–water partition coefficient (Wildman–Crippen LogP) is 4.37. The van der Waals surface area contributed by atoms with E-state index >= 15 is 0 Å². The van der Waals surface area contributed by atoms with Crippen LogP contribution in [0.4, 0.5) is 4.39 Å². The first-order chi connectivity index (χ1) is 9.16. The second-order valence-corrected chi connectivity index (χ2v) is 5.11. The predicted molar refractivity (Wildman–Crippen MR) is 78.0 cm³/mol. The van der Waals surface area contributed by atoms with Crippen LogP contribution < -0.4 is 5.32 Å². The Labute approximate surface area is 118 Å². The van der Waals surface area contributed by atoms with E-state index < -0.39 is 0 Å². The molecule has 0 heterocycles. The number of hydrogen-bond acceptors (Lipinski definition) is 1. The van der Waals surface area contributed by atoms with Gasteiger partial charge in [-0.2, -0.15) is 0 Å². The normalized spacial score (nSPS) is 12.4. The minimum absolute atomic E-state index is 0.218. The zero-order valence-corrected chi connectivity index (χ0v) is 11.6. The molecule has 1 atom stereocenters. The first-order valence-corrected chi connectivity index (χ1v) is 6.74. The molecule has 0 aromatic heterocycles. The van der Waals surface area contributed by atoms with Gasteiger partial charge in [-0.1, -0.05) is 48.9 Å². The van der Waals surface area contributed by atoms with Crippen molar-refractivity contribution in [2.24, 2.45) is 0 Å². The van der Waals surface area contributed by atoms with E-state index in [1.54, 1.807) is 12.1 Å². The van der Waals surface area contributed by atoms with E-state index in [4.69, 9.17) is 11.6 Å². The number of rotatable bonds is 5. The highest BCUT2D eigenvalue weighted by Crippen LogP contribution is 2.16. The number of halogens is 2. The third-order valence-corrected chi connectivity index (χ3v) is 3.38. The minimum Gasteiger partial charge on any atom is -0.312 e. The summed E-state index contributed by atoms with van der Waals surface area (Å²) < 4.78 is 13.5. The van der Waals surface area contributed by atoms with Crippen LogP contribution in [0.15, 0.2) is 48.5 Å². The minimum atomic E-state index is -0.218. The standard InChI is InChI=1S/C16H17ClFN/c1-12(13-5-3-2-4-6-13)10-19-11-14-9-15(17)7-8-16(14)18/h2-9,12,19H,10-11H2,1H3. The molecule has 0 spiro atoms. The van der Waals surface area contributed by atoms with Gasteiger partial charge in [-0.15, -0.1) is 0 Å². The molecular formula is C16H17ClFN. The Hall–Kier alpha value is -1.38. The van der Waals surface area contributed by atoms with Gasteiger partial charge < -0.3 is 5.32 Å². The van der Waals surface area contributed by atoms with Gasteiger partial charge in [0.25, 0.3) is 0 Å².